The first kappa shape index (κ1) is 10.5. The number of hydrogen-bond acceptors (Lipinski definition) is 2. The van der Waals surface area contributed by atoms with Crippen LogP contribution in [0.1, 0.15) is 12.6 Å². The van der Waals surface area contributed by atoms with Gasteiger partial charge in [0.1, 0.15) is 0 Å². The van der Waals surface area contributed by atoms with Crippen molar-refractivity contribution >= 4 is 30.6 Å². The van der Waals surface area contributed by atoms with Crippen molar-refractivity contribution in [3.8, 4) is 0 Å². The lowest BCUT2D eigenvalue weighted by Gasteiger charge is -1.95. The molecular weight excluding hydrogens is 234 g/mol. The topological polar surface area (TPSA) is 49.9 Å². The zero-order chi connectivity index (χ0) is 11.1. The molecule has 5 heteroatoms. The molecule has 3 nitrogen and oxygen atoms in total. The van der Waals surface area contributed by atoms with Gasteiger partial charge in [-0.15, -0.1) is 0 Å². The molecule has 1 heterocycles. The molecule has 0 fully saturated rings. The van der Waals surface area contributed by atoms with Crippen molar-refractivity contribution in [1.82, 2.24) is 4.98 Å². The van der Waals surface area contributed by atoms with E-state index in [4.69, 9.17) is 10.7 Å². The summed E-state index contributed by atoms with van der Waals surface area (Å²) >= 11 is 0. The molecule has 2 aromatic rings. The first-order valence-electron chi connectivity index (χ1n) is 4.57. The third kappa shape index (κ3) is 2.01. The van der Waals surface area contributed by atoms with Crippen molar-refractivity contribution in [3.63, 3.8) is 0 Å². The van der Waals surface area contributed by atoms with E-state index in [1.54, 1.807) is 12.1 Å². The molecule has 0 aliphatic heterocycles. The van der Waals surface area contributed by atoms with E-state index in [-0.39, 0.29) is 4.90 Å². The van der Waals surface area contributed by atoms with E-state index < -0.39 is 9.05 Å². The number of aromatic amines is 1. The van der Waals surface area contributed by atoms with Crippen LogP contribution in [0.15, 0.2) is 29.2 Å². The van der Waals surface area contributed by atoms with Gasteiger partial charge in [-0.25, -0.2) is 8.42 Å². The third-order valence-corrected chi connectivity index (χ3v) is 3.66. The predicted molar refractivity (Wildman–Crippen MR) is 60.7 cm³/mol. The first-order valence-corrected chi connectivity index (χ1v) is 6.88. The second kappa shape index (κ2) is 3.54. The van der Waals surface area contributed by atoms with Gasteiger partial charge in [0.15, 0.2) is 0 Å². The van der Waals surface area contributed by atoms with Crippen LogP contribution < -0.4 is 0 Å². The summed E-state index contributed by atoms with van der Waals surface area (Å²) in [7, 11) is 1.63. The lowest BCUT2D eigenvalue weighted by molar-refractivity contribution is 0.609. The largest absolute Gasteiger partial charge is 0.358 e. The van der Waals surface area contributed by atoms with E-state index in [1.807, 2.05) is 13.0 Å². The van der Waals surface area contributed by atoms with Gasteiger partial charge in [-0.1, -0.05) is 6.92 Å². The van der Waals surface area contributed by atoms with Gasteiger partial charge in [0.05, 0.1) is 4.90 Å². The molecule has 0 aliphatic rings. The summed E-state index contributed by atoms with van der Waals surface area (Å²) in [6.07, 6.45) is 0.887. The van der Waals surface area contributed by atoms with E-state index >= 15 is 0 Å². The summed E-state index contributed by atoms with van der Waals surface area (Å²) in [5, 5.41) is 0.869. The summed E-state index contributed by atoms with van der Waals surface area (Å²) in [6, 6.07) is 6.73. The van der Waals surface area contributed by atoms with Crippen LogP contribution >= 0.6 is 10.7 Å². The van der Waals surface area contributed by atoms with E-state index in [9.17, 15) is 8.42 Å². The van der Waals surface area contributed by atoms with Gasteiger partial charge in [-0.3, -0.25) is 0 Å². The highest BCUT2D eigenvalue weighted by atomic mass is 35.7. The number of aryl methyl sites for hydroxylation is 1. The molecule has 0 spiro atoms. The first-order chi connectivity index (χ1) is 7.00. The Bertz CT molecular complexity index is 601. The Labute approximate surface area is 92.5 Å². The van der Waals surface area contributed by atoms with Gasteiger partial charge in [0, 0.05) is 27.3 Å². The second-order valence-corrected chi connectivity index (χ2v) is 5.90. The number of H-pyrrole nitrogens is 1. The molecule has 0 radical (unpaired) electrons. The minimum absolute atomic E-state index is 0.137. The molecule has 0 saturated carbocycles. The zero-order valence-electron chi connectivity index (χ0n) is 8.12. The minimum atomic E-state index is -3.63. The zero-order valence-corrected chi connectivity index (χ0v) is 9.69. The lowest BCUT2D eigenvalue weighted by Crippen LogP contribution is -1.88. The monoisotopic (exact) mass is 243 g/mol. The van der Waals surface area contributed by atoms with Crippen molar-refractivity contribution in [2.24, 2.45) is 0 Å². The predicted octanol–water partition coefficient (Wildman–Crippen LogP) is 2.66. The van der Waals surface area contributed by atoms with Gasteiger partial charge in [0.25, 0.3) is 9.05 Å². The highest BCUT2D eigenvalue weighted by molar-refractivity contribution is 8.13. The molecule has 0 saturated heterocycles. The molecule has 15 heavy (non-hydrogen) atoms. The number of aromatic nitrogens is 1. The van der Waals surface area contributed by atoms with E-state index in [1.165, 1.54) is 6.07 Å². The van der Waals surface area contributed by atoms with Crippen LogP contribution in [0.3, 0.4) is 0 Å². The minimum Gasteiger partial charge on any atom is -0.358 e. The SMILES string of the molecule is CCc1cc2cc(S(=O)(=O)Cl)ccc2[nH]1. The molecule has 0 unspecified atom stereocenters. The number of benzene rings is 1. The number of rotatable bonds is 2. The van der Waals surface area contributed by atoms with Crippen molar-refractivity contribution in [3.05, 3.63) is 30.0 Å². The summed E-state index contributed by atoms with van der Waals surface area (Å²) in [5.41, 5.74) is 2.00. The Morgan fingerprint density at radius 1 is 1.33 bits per heavy atom. The Hall–Kier alpha value is -1.00. The highest BCUT2D eigenvalue weighted by Gasteiger charge is 2.10. The normalized spacial score (nSPS) is 12.1. The van der Waals surface area contributed by atoms with Crippen molar-refractivity contribution in [2.45, 2.75) is 18.2 Å². The fraction of sp³-hybridized carbons (Fsp3) is 0.200. The van der Waals surface area contributed by atoms with Crippen LogP contribution in [0.25, 0.3) is 10.9 Å². The van der Waals surface area contributed by atoms with Gasteiger partial charge in [-0.2, -0.15) is 0 Å². The fourth-order valence-corrected chi connectivity index (χ4v) is 2.30. The Morgan fingerprint density at radius 2 is 2.07 bits per heavy atom. The fourth-order valence-electron chi connectivity index (χ4n) is 1.51. The van der Waals surface area contributed by atoms with Crippen LogP contribution in [-0.4, -0.2) is 13.4 Å². The van der Waals surface area contributed by atoms with E-state index in [0.29, 0.717) is 0 Å². The molecule has 0 atom stereocenters. The average Bonchev–Trinajstić information content (AvgIpc) is 2.57. The van der Waals surface area contributed by atoms with Crippen LogP contribution in [0.2, 0.25) is 0 Å². The maximum absolute atomic E-state index is 11.1. The van der Waals surface area contributed by atoms with E-state index in [2.05, 4.69) is 4.98 Å². The van der Waals surface area contributed by atoms with Gasteiger partial charge >= 0.3 is 0 Å². The van der Waals surface area contributed by atoms with Crippen LogP contribution in [-0.2, 0) is 15.5 Å². The molecule has 0 bridgehead atoms. The van der Waals surface area contributed by atoms with Crippen molar-refractivity contribution < 1.29 is 8.42 Å². The Morgan fingerprint density at radius 3 is 2.67 bits per heavy atom. The highest BCUT2D eigenvalue weighted by Crippen LogP contribution is 2.22. The van der Waals surface area contributed by atoms with Crippen molar-refractivity contribution in [1.29, 1.82) is 0 Å². The molecule has 1 aromatic heterocycles. The number of halogens is 1. The maximum atomic E-state index is 11.1. The number of hydrogen-bond donors (Lipinski definition) is 1. The van der Waals surface area contributed by atoms with Gasteiger partial charge in [-0.05, 0) is 30.7 Å². The maximum Gasteiger partial charge on any atom is 0.261 e. The molecule has 2 rings (SSSR count). The smallest absolute Gasteiger partial charge is 0.261 e. The lowest BCUT2D eigenvalue weighted by atomic mass is 10.2. The van der Waals surface area contributed by atoms with Crippen LogP contribution in [0.5, 0.6) is 0 Å². The van der Waals surface area contributed by atoms with Crippen molar-refractivity contribution in [2.75, 3.05) is 0 Å². The molecule has 1 aromatic carbocycles. The summed E-state index contributed by atoms with van der Waals surface area (Å²) in [5.74, 6) is 0. The van der Waals surface area contributed by atoms with Crippen LogP contribution in [0, 0.1) is 0 Å². The molecule has 1 N–H and O–H groups in total. The average molecular weight is 244 g/mol. The van der Waals surface area contributed by atoms with Crippen LogP contribution in [0.4, 0.5) is 0 Å². The third-order valence-electron chi connectivity index (χ3n) is 2.31. The number of fused-ring (bicyclic) bond motifs is 1. The van der Waals surface area contributed by atoms with Gasteiger partial charge < -0.3 is 4.98 Å². The molecule has 0 amide bonds. The quantitative estimate of drug-likeness (QED) is 0.825. The van der Waals surface area contributed by atoms with Gasteiger partial charge in [0.2, 0.25) is 0 Å². The summed E-state index contributed by atoms with van der Waals surface area (Å²) in [6.45, 7) is 2.03. The Balaban J connectivity index is 2.66. The number of nitrogens with one attached hydrogen (secondary N) is 1. The summed E-state index contributed by atoms with van der Waals surface area (Å²) in [4.78, 5) is 3.32. The second-order valence-electron chi connectivity index (χ2n) is 3.34. The molecule has 0 aliphatic carbocycles. The molecular formula is C10H10ClNO2S. The van der Waals surface area contributed by atoms with E-state index in [0.717, 1.165) is 23.0 Å². The summed E-state index contributed by atoms with van der Waals surface area (Å²) < 4.78 is 22.2. The standard InChI is InChI=1S/C10H10ClNO2S/c1-2-8-5-7-6-9(15(11,13)14)3-4-10(7)12-8/h3-6,12H,2H2,1H3. The Kier molecular flexibility index (Phi) is 2.48. The molecule has 80 valence electrons.